The summed E-state index contributed by atoms with van der Waals surface area (Å²) in [7, 11) is 0. The minimum Gasteiger partial charge on any atom is -0.486 e. The summed E-state index contributed by atoms with van der Waals surface area (Å²) in [5.41, 5.74) is 2.85. The van der Waals surface area contributed by atoms with E-state index in [1.165, 1.54) is 10.4 Å². The molecular weight excluding hydrogens is 398 g/mol. The second-order valence-electron chi connectivity index (χ2n) is 8.69. The summed E-state index contributed by atoms with van der Waals surface area (Å²) in [4.78, 5) is 29.5. The van der Waals surface area contributed by atoms with E-state index in [1.807, 2.05) is 17.0 Å². The zero-order valence-corrected chi connectivity index (χ0v) is 18.1. The van der Waals surface area contributed by atoms with E-state index in [4.69, 9.17) is 9.47 Å². The lowest BCUT2D eigenvalue weighted by Gasteiger charge is -2.32. The maximum absolute atomic E-state index is 13.1. The van der Waals surface area contributed by atoms with Crippen molar-refractivity contribution in [3.63, 3.8) is 0 Å². The number of ketones is 1. The quantitative estimate of drug-likeness (QED) is 0.685. The van der Waals surface area contributed by atoms with Crippen molar-refractivity contribution in [1.29, 1.82) is 0 Å². The zero-order chi connectivity index (χ0) is 20.7. The summed E-state index contributed by atoms with van der Waals surface area (Å²) in [6.07, 6.45) is 4.69. The summed E-state index contributed by atoms with van der Waals surface area (Å²) >= 11 is 1.74. The largest absolute Gasteiger partial charge is 0.486 e. The number of piperidine rings is 1. The number of likely N-dealkylation sites (tertiary alicyclic amines) is 1. The maximum atomic E-state index is 13.1. The van der Waals surface area contributed by atoms with Crippen LogP contribution < -0.4 is 9.47 Å². The molecule has 1 saturated heterocycles. The second kappa shape index (κ2) is 8.06. The first kappa shape index (κ1) is 19.6. The molecule has 0 saturated carbocycles. The number of Topliss-reactive ketones (excluding diaryl/α,β-unsaturated/α-hetero) is 1. The highest BCUT2D eigenvalue weighted by atomic mass is 32.1. The monoisotopic (exact) mass is 425 g/mol. The number of ether oxygens (including phenoxy) is 2. The molecule has 5 rings (SSSR count). The van der Waals surface area contributed by atoms with E-state index in [-0.39, 0.29) is 17.6 Å². The molecule has 1 aromatic heterocycles. The van der Waals surface area contributed by atoms with E-state index in [0.29, 0.717) is 62.1 Å². The molecule has 1 aliphatic carbocycles. The molecule has 0 radical (unpaired) electrons. The van der Waals surface area contributed by atoms with Gasteiger partial charge in [0.25, 0.3) is 5.91 Å². The highest BCUT2D eigenvalue weighted by Gasteiger charge is 2.31. The number of thiophene rings is 1. The standard InChI is InChI=1S/C24H27NO4S/c1-15-2-4-18-19(14-30-22(18)12-15)24(27)25-8-6-16(7-9-25)23(26)17-3-5-20-21(13-17)29-11-10-28-20/h3,5,13-16H,2,4,6-12H2,1H3. The molecular formula is C24H27NO4S. The van der Waals surface area contributed by atoms with Crippen molar-refractivity contribution in [1.82, 2.24) is 4.90 Å². The van der Waals surface area contributed by atoms with Crippen molar-refractivity contribution in [3.8, 4) is 11.5 Å². The SMILES string of the molecule is CC1CCc2c(C(=O)N3CCC(C(=O)c4ccc5c(c4)OCCO5)CC3)csc2C1. The summed E-state index contributed by atoms with van der Waals surface area (Å²) in [5, 5.41) is 2.05. The smallest absolute Gasteiger partial charge is 0.254 e. The van der Waals surface area contributed by atoms with Crippen molar-refractivity contribution >= 4 is 23.0 Å². The second-order valence-corrected chi connectivity index (χ2v) is 9.65. The lowest BCUT2D eigenvalue weighted by Crippen LogP contribution is -2.40. The number of hydrogen-bond acceptors (Lipinski definition) is 5. The Hall–Kier alpha value is -2.34. The fourth-order valence-electron chi connectivity index (χ4n) is 4.80. The van der Waals surface area contributed by atoms with E-state index in [2.05, 4.69) is 12.3 Å². The number of benzene rings is 1. The van der Waals surface area contributed by atoms with Crippen LogP contribution in [0, 0.1) is 11.8 Å². The highest BCUT2D eigenvalue weighted by molar-refractivity contribution is 7.10. The molecule has 5 nitrogen and oxygen atoms in total. The maximum Gasteiger partial charge on any atom is 0.254 e. The number of hydrogen-bond donors (Lipinski definition) is 0. The predicted octanol–water partition coefficient (Wildman–Crippen LogP) is 4.38. The molecule has 0 N–H and O–H groups in total. The fourth-order valence-corrected chi connectivity index (χ4v) is 6.04. The van der Waals surface area contributed by atoms with Crippen molar-refractivity contribution in [3.05, 3.63) is 45.1 Å². The summed E-state index contributed by atoms with van der Waals surface area (Å²) in [6.45, 7) is 4.62. The Labute approximate surface area is 181 Å². The van der Waals surface area contributed by atoms with Gasteiger partial charge in [-0.15, -0.1) is 11.3 Å². The molecule has 158 valence electrons. The Kier molecular flexibility index (Phi) is 5.27. The van der Waals surface area contributed by atoms with Gasteiger partial charge in [0.2, 0.25) is 0 Å². The number of amides is 1. The molecule has 3 heterocycles. The molecule has 1 amide bonds. The van der Waals surface area contributed by atoms with Gasteiger partial charge in [-0.25, -0.2) is 0 Å². The normalized spacial score (nSPS) is 21.2. The Bertz CT molecular complexity index is 974. The minimum atomic E-state index is -0.0474. The lowest BCUT2D eigenvalue weighted by atomic mass is 9.87. The topological polar surface area (TPSA) is 55.8 Å². The molecule has 30 heavy (non-hydrogen) atoms. The summed E-state index contributed by atoms with van der Waals surface area (Å²) < 4.78 is 11.2. The van der Waals surface area contributed by atoms with Gasteiger partial charge in [0.1, 0.15) is 13.2 Å². The van der Waals surface area contributed by atoms with Gasteiger partial charge in [0, 0.05) is 34.8 Å². The van der Waals surface area contributed by atoms with Gasteiger partial charge in [0.15, 0.2) is 17.3 Å². The van der Waals surface area contributed by atoms with Crippen LogP contribution in [-0.2, 0) is 12.8 Å². The molecule has 1 fully saturated rings. The number of carbonyl (C=O) groups excluding carboxylic acids is 2. The Morgan fingerprint density at radius 2 is 1.83 bits per heavy atom. The third-order valence-corrected chi connectivity index (χ3v) is 7.66. The Morgan fingerprint density at radius 1 is 1.07 bits per heavy atom. The number of rotatable bonds is 3. The van der Waals surface area contributed by atoms with Crippen LogP contribution in [-0.4, -0.2) is 42.9 Å². The van der Waals surface area contributed by atoms with Gasteiger partial charge in [-0.05, 0) is 61.8 Å². The average Bonchev–Trinajstić information content (AvgIpc) is 3.21. The molecule has 1 aromatic carbocycles. The van der Waals surface area contributed by atoms with Crippen molar-refractivity contribution in [2.75, 3.05) is 26.3 Å². The van der Waals surface area contributed by atoms with Crippen LogP contribution in [0.15, 0.2) is 23.6 Å². The number of nitrogens with zero attached hydrogens (tertiary/aromatic N) is 1. The third-order valence-electron chi connectivity index (χ3n) is 6.61. The van der Waals surface area contributed by atoms with Gasteiger partial charge in [-0.1, -0.05) is 6.92 Å². The minimum absolute atomic E-state index is 0.0474. The van der Waals surface area contributed by atoms with Gasteiger partial charge in [-0.3, -0.25) is 9.59 Å². The molecule has 3 aliphatic rings. The lowest BCUT2D eigenvalue weighted by molar-refractivity contribution is 0.0649. The van der Waals surface area contributed by atoms with Crippen LogP contribution >= 0.6 is 11.3 Å². The van der Waals surface area contributed by atoms with Crippen LogP contribution in [0.4, 0.5) is 0 Å². The van der Waals surface area contributed by atoms with Crippen LogP contribution in [0.25, 0.3) is 0 Å². The first-order valence-electron chi connectivity index (χ1n) is 10.9. The summed E-state index contributed by atoms with van der Waals surface area (Å²) in [5.74, 6) is 2.30. The molecule has 0 spiro atoms. The first-order valence-corrected chi connectivity index (χ1v) is 11.8. The highest BCUT2D eigenvalue weighted by Crippen LogP contribution is 2.35. The van der Waals surface area contributed by atoms with E-state index < -0.39 is 0 Å². The van der Waals surface area contributed by atoms with Gasteiger partial charge in [-0.2, -0.15) is 0 Å². The van der Waals surface area contributed by atoms with Crippen molar-refractivity contribution in [2.24, 2.45) is 11.8 Å². The number of fused-ring (bicyclic) bond motifs is 2. The molecule has 1 atom stereocenters. The van der Waals surface area contributed by atoms with Gasteiger partial charge < -0.3 is 14.4 Å². The van der Waals surface area contributed by atoms with Gasteiger partial charge >= 0.3 is 0 Å². The van der Waals surface area contributed by atoms with Crippen LogP contribution in [0.5, 0.6) is 11.5 Å². The van der Waals surface area contributed by atoms with Gasteiger partial charge in [0.05, 0.1) is 5.56 Å². The molecule has 0 bridgehead atoms. The van der Waals surface area contributed by atoms with E-state index >= 15 is 0 Å². The molecule has 6 heteroatoms. The predicted molar refractivity (Wildman–Crippen MR) is 116 cm³/mol. The van der Waals surface area contributed by atoms with Crippen molar-refractivity contribution < 1.29 is 19.1 Å². The Morgan fingerprint density at radius 3 is 2.63 bits per heavy atom. The molecule has 2 aliphatic heterocycles. The molecule has 2 aromatic rings. The van der Waals surface area contributed by atoms with E-state index in [1.54, 1.807) is 17.4 Å². The third kappa shape index (κ3) is 3.62. The fraction of sp³-hybridized carbons (Fsp3) is 0.500. The van der Waals surface area contributed by atoms with Crippen LogP contribution in [0.1, 0.15) is 57.3 Å². The van der Waals surface area contributed by atoms with E-state index in [9.17, 15) is 9.59 Å². The van der Waals surface area contributed by atoms with Crippen LogP contribution in [0.3, 0.4) is 0 Å². The number of carbonyl (C=O) groups is 2. The van der Waals surface area contributed by atoms with Crippen molar-refractivity contribution in [2.45, 2.75) is 39.0 Å². The van der Waals surface area contributed by atoms with Crippen LogP contribution in [0.2, 0.25) is 0 Å². The van der Waals surface area contributed by atoms with E-state index in [0.717, 1.165) is 24.8 Å². The zero-order valence-electron chi connectivity index (χ0n) is 17.3. The summed E-state index contributed by atoms with van der Waals surface area (Å²) in [6, 6.07) is 5.44. The average molecular weight is 426 g/mol. The molecule has 1 unspecified atom stereocenters. The first-order chi connectivity index (χ1) is 14.6. The Balaban J connectivity index is 1.23.